The molecule has 21 heavy (non-hydrogen) atoms. The summed E-state index contributed by atoms with van der Waals surface area (Å²) in [4.78, 5) is 14.1. The molecule has 0 radical (unpaired) electrons. The summed E-state index contributed by atoms with van der Waals surface area (Å²) in [6, 6.07) is 4.51. The van der Waals surface area contributed by atoms with Gasteiger partial charge in [0.15, 0.2) is 0 Å². The number of nitrogens with zero attached hydrogens (tertiary/aromatic N) is 1. The number of carbonyl (C=O) groups is 1. The molecule has 3 N–H and O–H groups in total. The van der Waals surface area contributed by atoms with Crippen molar-refractivity contribution in [3.63, 3.8) is 0 Å². The molecule has 0 aliphatic heterocycles. The largest absolute Gasteiger partial charge is 0.368 e. The van der Waals surface area contributed by atoms with E-state index in [1.54, 1.807) is 19.1 Å². The van der Waals surface area contributed by atoms with E-state index in [0.717, 1.165) is 19.6 Å². The zero-order chi connectivity index (χ0) is 16.0. The second-order valence-electron chi connectivity index (χ2n) is 5.07. The first-order chi connectivity index (χ1) is 9.85. The molecule has 0 saturated carbocycles. The second kappa shape index (κ2) is 7.87. The van der Waals surface area contributed by atoms with Gasteiger partial charge in [0.25, 0.3) is 0 Å². The van der Waals surface area contributed by atoms with Gasteiger partial charge in [0.1, 0.15) is 11.4 Å². The van der Waals surface area contributed by atoms with Gasteiger partial charge in [-0.3, -0.25) is 10.1 Å². The predicted molar refractivity (Wildman–Crippen MR) is 86.4 cm³/mol. The Morgan fingerprint density at radius 2 is 2.05 bits per heavy atom. The summed E-state index contributed by atoms with van der Waals surface area (Å²) in [6.07, 6.45) is 0. The summed E-state index contributed by atoms with van der Waals surface area (Å²) in [7, 11) is 0. The van der Waals surface area contributed by atoms with E-state index in [2.05, 4.69) is 40.0 Å². The third-order valence-corrected chi connectivity index (χ3v) is 4.25. The van der Waals surface area contributed by atoms with E-state index in [9.17, 15) is 9.18 Å². The van der Waals surface area contributed by atoms with Crippen LogP contribution in [0.3, 0.4) is 0 Å². The van der Waals surface area contributed by atoms with Crippen LogP contribution in [0.2, 0.25) is 0 Å². The van der Waals surface area contributed by atoms with Crippen LogP contribution in [0, 0.1) is 5.82 Å². The molecule has 0 aliphatic rings. The standard InChI is InChI=1S/C15H23BrFN3O/c1-4-20(5-2)9-8-19-15(3,14(18)21)12-10-11(16)6-7-13(12)17/h6-7,10,19H,4-5,8-9H2,1-3H3,(H2,18,21). The monoisotopic (exact) mass is 359 g/mol. The number of amides is 1. The highest BCUT2D eigenvalue weighted by Gasteiger charge is 2.35. The highest BCUT2D eigenvalue weighted by molar-refractivity contribution is 9.10. The van der Waals surface area contributed by atoms with E-state index >= 15 is 0 Å². The average Bonchev–Trinajstić information content (AvgIpc) is 2.45. The Bertz CT molecular complexity index is 494. The number of likely N-dealkylation sites (N-methyl/N-ethyl adjacent to an activating group) is 1. The molecule has 4 nitrogen and oxygen atoms in total. The zero-order valence-corrected chi connectivity index (χ0v) is 14.3. The molecule has 0 spiro atoms. The van der Waals surface area contributed by atoms with Crippen molar-refractivity contribution in [3.05, 3.63) is 34.1 Å². The van der Waals surface area contributed by atoms with E-state index in [1.165, 1.54) is 6.07 Å². The van der Waals surface area contributed by atoms with Crippen LogP contribution in [0.5, 0.6) is 0 Å². The fourth-order valence-corrected chi connectivity index (χ4v) is 2.56. The maximum Gasteiger partial charge on any atom is 0.242 e. The number of halogens is 2. The quantitative estimate of drug-likeness (QED) is 0.748. The Hall–Kier alpha value is -0.980. The third kappa shape index (κ3) is 4.49. The van der Waals surface area contributed by atoms with Gasteiger partial charge in [0, 0.05) is 23.1 Å². The molecule has 0 fully saturated rings. The van der Waals surface area contributed by atoms with Crippen LogP contribution in [0.4, 0.5) is 4.39 Å². The molecule has 0 saturated heterocycles. The van der Waals surface area contributed by atoms with Crippen LogP contribution in [-0.4, -0.2) is 37.0 Å². The van der Waals surface area contributed by atoms with Gasteiger partial charge in [-0.2, -0.15) is 0 Å². The van der Waals surface area contributed by atoms with Crippen molar-refractivity contribution < 1.29 is 9.18 Å². The van der Waals surface area contributed by atoms with Gasteiger partial charge in [-0.1, -0.05) is 29.8 Å². The van der Waals surface area contributed by atoms with Gasteiger partial charge in [-0.05, 0) is 38.2 Å². The molecule has 118 valence electrons. The summed E-state index contributed by atoms with van der Waals surface area (Å²) >= 11 is 3.30. The van der Waals surface area contributed by atoms with Crippen molar-refractivity contribution >= 4 is 21.8 Å². The van der Waals surface area contributed by atoms with Gasteiger partial charge < -0.3 is 10.6 Å². The minimum atomic E-state index is -1.24. The van der Waals surface area contributed by atoms with Crippen molar-refractivity contribution in [1.29, 1.82) is 0 Å². The molecule has 1 rings (SSSR count). The minimum Gasteiger partial charge on any atom is -0.368 e. The van der Waals surface area contributed by atoms with Crippen LogP contribution in [0.25, 0.3) is 0 Å². The zero-order valence-electron chi connectivity index (χ0n) is 12.7. The highest BCUT2D eigenvalue weighted by atomic mass is 79.9. The molecule has 1 aromatic rings. The molecule has 1 aromatic carbocycles. The minimum absolute atomic E-state index is 0.254. The van der Waals surface area contributed by atoms with Crippen LogP contribution in [-0.2, 0) is 10.3 Å². The number of hydrogen-bond donors (Lipinski definition) is 2. The lowest BCUT2D eigenvalue weighted by Gasteiger charge is -2.30. The highest BCUT2D eigenvalue weighted by Crippen LogP contribution is 2.26. The smallest absolute Gasteiger partial charge is 0.242 e. The van der Waals surface area contributed by atoms with E-state index < -0.39 is 17.3 Å². The summed E-state index contributed by atoms with van der Waals surface area (Å²) in [5, 5.41) is 3.10. The lowest BCUT2D eigenvalue weighted by Crippen LogP contribution is -2.52. The van der Waals surface area contributed by atoms with Crippen molar-refractivity contribution in [1.82, 2.24) is 10.2 Å². The SMILES string of the molecule is CCN(CC)CCNC(C)(C(N)=O)c1cc(Br)ccc1F. The summed E-state index contributed by atoms with van der Waals surface area (Å²) in [5.41, 5.74) is 4.53. The van der Waals surface area contributed by atoms with Crippen molar-refractivity contribution in [3.8, 4) is 0 Å². The molecule has 0 heterocycles. The third-order valence-electron chi connectivity index (χ3n) is 3.76. The topological polar surface area (TPSA) is 58.4 Å². The molecular formula is C15H23BrFN3O. The molecule has 1 atom stereocenters. The van der Waals surface area contributed by atoms with Crippen LogP contribution in [0.1, 0.15) is 26.3 Å². The molecular weight excluding hydrogens is 337 g/mol. The van der Waals surface area contributed by atoms with Crippen molar-refractivity contribution in [2.45, 2.75) is 26.3 Å². The fraction of sp³-hybridized carbons (Fsp3) is 0.533. The van der Waals surface area contributed by atoms with Gasteiger partial charge in [-0.25, -0.2) is 4.39 Å². The molecule has 0 aliphatic carbocycles. The Balaban J connectivity index is 2.93. The molecule has 1 amide bonds. The number of primary amides is 1. The fourth-order valence-electron chi connectivity index (χ4n) is 2.20. The first-order valence-corrected chi connectivity index (χ1v) is 7.87. The number of hydrogen-bond acceptors (Lipinski definition) is 3. The Morgan fingerprint density at radius 1 is 1.43 bits per heavy atom. The average molecular weight is 360 g/mol. The van der Waals surface area contributed by atoms with Gasteiger partial charge >= 0.3 is 0 Å². The normalized spacial score (nSPS) is 14.2. The van der Waals surface area contributed by atoms with Crippen molar-refractivity contribution in [2.75, 3.05) is 26.2 Å². The van der Waals surface area contributed by atoms with Gasteiger partial charge in [0.2, 0.25) is 5.91 Å². The van der Waals surface area contributed by atoms with E-state index in [0.29, 0.717) is 11.0 Å². The van der Waals surface area contributed by atoms with Crippen molar-refractivity contribution in [2.24, 2.45) is 5.73 Å². The van der Waals surface area contributed by atoms with E-state index in [1.807, 2.05) is 0 Å². The maximum atomic E-state index is 14.1. The molecule has 6 heteroatoms. The van der Waals surface area contributed by atoms with Crippen LogP contribution < -0.4 is 11.1 Å². The first kappa shape index (κ1) is 18.1. The number of nitrogens with one attached hydrogen (secondary N) is 1. The second-order valence-corrected chi connectivity index (χ2v) is 5.98. The van der Waals surface area contributed by atoms with E-state index in [4.69, 9.17) is 5.73 Å². The molecule has 1 unspecified atom stereocenters. The van der Waals surface area contributed by atoms with Crippen LogP contribution in [0.15, 0.2) is 22.7 Å². The summed E-state index contributed by atoms with van der Waals surface area (Å²) < 4.78 is 14.8. The van der Waals surface area contributed by atoms with Gasteiger partial charge in [-0.15, -0.1) is 0 Å². The van der Waals surface area contributed by atoms with E-state index in [-0.39, 0.29) is 5.56 Å². The number of benzene rings is 1. The lowest BCUT2D eigenvalue weighted by atomic mass is 9.90. The maximum absolute atomic E-state index is 14.1. The summed E-state index contributed by atoms with van der Waals surface area (Å²) in [5.74, 6) is -1.05. The Kier molecular flexibility index (Phi) is 6.77. The van der Waals surface area contributed by atoms with Gasteiger partial charge in [0.05, 0.1) is 0 Å². The predicted octanol–water partition coefficient (Wildman–Crippen LogP) is 2.22. The number of nitrogens with two attached hydrogens (primary N) is 1. The molecule has 0 bridgehead atoms. The lowest BCUT2D eigenvalue weighted by molar-refractivity contribution is -0.124. The number of carbonyl (C=O) groups excluding carboxylic acids is 1. The molecule has 0 aromatic heterocycles. The summed E-state index contributed by atoms with van der Waals surface area (Å²) in [6.45, 7) is 8.93. The Labute approximate surface area is 134 Å². The Morgan fingerprint density at radius 3 is 2.57 bits per heavy atom. The number of rotatable bonds is 8. The van der Waals surface area contributed by atoms with Crippen LogP contribution >= 0.6 is 15.9 Å². The first-order valence-electron chi connectivity index (χ1n) is 7.08.